The first kappa shape index (κ1) is 17.8. The molecule has 0 unspecified atom stereocenters. The molecule has 3 rings (SSSR count). The molecule has 0 amide bonds. The third kappa shape index (κ3) is 3.65. The standard InChI is InChI=1S/C18H16FN5OS/c1-21-16-15(10-20)17(25)24(14-5-7-22-8-6-14)18(23-16)26-11-12-3-2-4-13(19)9-12/h2-10,20-21H,11H2,1H3. The van der Waals surface area contributed by atoms with E-state index in [1.54, 1.807) is 37.6 Å². The highest BCUT2D eigenvalue weighted by Crippen LogP contribution is 2.24. The minimum Gasteiger partial charge on any atom is -0.372 e. The van der Waals surface area contributed by atoms with Crippen LogP contribution in [0.1, 0.15) is 11.1 Å². The number of halogens is 1. The lowest BCUT2D eigenvalue weighted by Crippen LogP contribution is -2.26. The number of pyridine rings is 1. The van der Waals surface area contributed by atoms with Gasteiger partial charge < -0.3 is 10.7 Å². The van der Waals surface area contributed by atoms with Crippen molar-refractivity contribution in [1.29, 1.82) is 5.41 Å². The summed E-state index contributed by atoms with van der Waals surface area (Å²) in [6.45, 7) is 0. The lowest BCUT2D eigenvalue weighted by atomic mass is 10.2. The highest BCUT2D eigenvalue weighted by atomic mass is 32.2. The highest BCUT2D eigenvalue weighted by molar-refractivity contribution is 7.98. The van der Waals surface area contributed by atoms with Gasteiger partial charge in [-0.05, 0) is 29.8 Å². The summed E-state index contributed by atoms with van der Waals surface area (Å²) in [6, 6.07) is 9.69. The third-order valence-electron chi connectivity index (χ3n) is 3.65. The zero-order chi connectivity index (χ0) is 18.5. The summed E-state index contributed by atoms with van der Waals surface area (Å²) in [5.41, 5.74) is 1.20. The van der Waals surface area contributed by atoms with Crippen molar-refractivity contribution in [3.63, 3.8) is 0 Å². The summed E-state index contributed by atoms with van der Waals surface area (Å²) in [5.74, 6) is 0.470. The molecule has 0 saturated carbocycles. The van der Waals surface area contributed by atoms with E-state index in [1.165, 1.54) is 28.5 Å². The Morgan fingerprint density at radius 2 is 2.08 bits per heavy atom. The van der Waals surface area contributed by atoms with Gasteiger partial charge in [0.05, 0.1) is 5.69 Å². The summed E-state index contributed by atoms with van der Waals surface area (Å²) in [4.78, 5) is 21.4. The van der Waals surface area contributed by atoms with E-state index >= 15 is 0 Å². The smallest absolute Gasteiger partial charge is 0.269 e. The molecule has 0 aliphatic heterocycles. The molecule has 2 heterocycles. The van der Waals surface area contributed by atoms with Crippen molar-refractivity contribution in [2.24, 2.45) is 0 Å². The molecular weight excluding hydrogens is 353 g/mol. The number of nitrogens with zero attached hydrogens (tertiary/aromatic N) is 3. The van der Waals surface area contributed by atoms with Gasteiger partial charge in [0.15, 0.2) is 5.16 Å². The molecule has 8 heteroatoms. The van der Waals surface area contributed by atoms with Crippen LogP contribution in [0.15, 0.2) is 58.7 Å². The first-order valence-electron chi connectivity index (χ1n) is 7.77. The lowest BCUT2D eigenvalue weighted by Gasteiger charge is -2.15. The normalized spacial score (nSPS) is 10.5. The molecule has 2 aromatic heterocycles. The van der Waals surface area contributed by atoms with Crippen LogP contribution in [0, 0.1) is 11.2 Å². The minimum atomic E-state index is -0.354. The van der Waals surface area contributed by atoms with Crippen LogP contribution in [0.25, 0.3) is 5.69 Å². The number of hydrogen-bond donors (Lipinski definition) is 2. The van der Waals surface area contributed by atoms with Gasteiger partial charge in [0, 0.05) is 31.4 Å². The van der Waals surface area contributed by atoms with Crippen LogP contribution >= 0.6 is 11.8 Å². The number of nitrogens with one attached hydrogen (secondary N) is 2. The average Bonchev–Trinajstić information content (AvgIpc) is 2.66. The monoisotopic (exact) mass is 369 g/mol. The molecule has 0 fully saturated rings. The molecule has 132 valence electrons. The first-order chi connectivity index (χ1) is 12.6. The van der Waals surface area contributed by atoms with Gasteiger partial charge >= 0.3 is 0 Å². The fourth-order valence-electron chi connectivity index (χ4n) is 2.43. The van der Waals surface area contributed by atoms with Gasteiger partial charge in [0.2, 0.25) is 0 Å². The topological polar surface area (TPSA) is 83.7 Å². The Hall–Kier alpha value is -3.00. The Kier molecular flexibility index (Phi) is 5.43. The van der Waals surface area contributed by atoms with Gasteiger partial charge in [-0.1, -0.05) is 23.9 Å². The van der Waals surface area contributed by atoms with E-state index in [2.05, 4.69) is 15.3 Å². The maximum atomic E-state index is 13.4. The lowest BCUT2D eigenvalue weighted by molar-refractivity contribution is 0.626. The Morgan fingerprint density at radius 3 is 2.73 bits per heavy atom. The summed E-state index contributed by atoms with van der Waals surface area (Å²) in [5, 5.41) is 10.8. The second-order valence-electron chi connectivity index (χ2n) is 5.32. The molecule has 0 spiro atoms. The Bertz CT molecular complexity index is 991. The fraction of sp³-hybridized carbons (Fsp3) is 0.111. The van der Waals surface area contributed by atoms with Gasteiger partial charge in [-0.25, -0.2) is 9.37 Å². The third-order valence-corrected chi connectivity index (χ3v) is 4.66. The predicted molar refractivity (Wildman–Crippen MR) is 101 cm³/mol. The molecule has 0 bridgehead atoms. The van der Waals surface area contributed by atoms with Crippen molar-refractivity contribution in [1.82, 2.24) is 14.5 Å². The Balaban J connectivity index is 2.09. The highest BCUT2D eigenvalue weighted by Gasteiger charge is 2.16. The van der Waals surface area contributed by atoms with Crippen molar-refractivity contribution in [3.05, 3.63) is 76.1 Å². The number of benzene rings is 1. The summed E-state index contributed by atoms with van der Waals surface area (Å²) < 4.78 is 14.8. The zero-order valence-corrected chi connectivity index (χ0v) is 14.8. The Labute approximate surface area is 153 Å². The molecule has 0 radical (unpaired) electrons. The molecule has 3 aromatic rings. The van der Waals surface area contributed by atoms with Crippen molar-refractivity contribution < 1.29 is 4.39 Å². The number of aromatic nitrogens is 3. The summed E-state index contributed by atoms with van der Waals surface area (Å²) >= 11 is 1.32. The van der Waals surface area contributed by atoms with Crippen LogP contribution in [0.3, 0.4) is 0 Å². The predicted octanol–water partition coefficient (Wildman–Crippen LogP) is 3.10. The number of anilines is 1. The van der Waals surface area contributed by atoms with Crippen molar-refractivity contribution in [2.75, 3.05) is 12.4 Å². The van der Waals surface area contributed by atoms with Crippen LogP contribution < -0.4 is 10.9 Å². The molecule has 0 aliphatic rings. The van der Waals surface area contributed by atoms with E-state index in [1.807, 2.05) is 6.07 Å². The average molecular weight is 369 g/mol. The quantitative estimate of drug-likeness (QED) is 0.396. The molecule has 26 heavy (non-hydrogen) atoms. The minimum absolute atomic E-state index is 0.166. The fourth-order valence-corrected chi connectivity index (χ4v) is 3.38. The van der Waals surface area contributed by atoms with E-state index in [0.717, 1.165) is 11.8 Å². The van der Waals surface area contributed by atoms with Crippen LogP contribution in [0.2, 0.25) is 0 Å². The van der Waals surface area contributed by atoms with Crippen molar-refractivity contribution in [2.45, 2.75) is 10.9 Å². The van der Waals surface area contributed by atoms with E-state index < -0.39 is 0 Å². The van der Waals surface area contributed by atoms with Gasteiger partial charge in [0.1, 0.15) is 17.2 Å². The SMILES string of the molecule is CNc1nc(SCc2cccc(F)c2)n(-c2ccncc2)c(=O)c1C=N. The van der Waals surface area contributed by atoms with Gasteiger partial charge in [0.25, 0.3) is 5.56 Å². The molecule has 0 atom stereocenters. The molecule has 2 N–H and O–H groups in total. The van der Waals surface area contributed by atoms with Crippen molar-refractivity contribution in [3.8, 4) is 5.69 Å². The van der Waals surface area contributed by atoms with Crippen LogP contribution in [0.4, 0.5) is 10.2 Å². The van der Waals surface area contributed by atoms with E-state index in [-0.39, 0.29) is 16.9 Å². The second-order valence-corrected chi connectivity index (χ2v) is 6.26. The van der Waals surface area contributed by atoms with Gasteiger partial charge in [-0.15, -0.1) is 0 Å². The van der Waals surface area contributed by atoms with E-state index in [0.29, 0.717) is 22.4 Å². The van der Waals surface area contributed by atoms with Crippen LogP contribution in [-0.4, -0.2) is 27.8 Å². The van der Waals surface area contributed by atoms with Gasteiger partial charge in [-0.3, -0.25) is 14.3 Å². The number of rotatable bonds is 6. The van der Waals surface area contributed by atoms with Crippen LogP contribution in [-0.2, 0) is 5.75 Å². The first-order valence-corrected chi connectivity index (χ1v) is 8.75. The maximum absolute atomic E-state index is 13.4. The molecule has 0 saturated heterocycles. The number of thioether (sulfide) groups is 1. The van der Waals surface area contributed by atoms with Gasteiger partial charge in [-0.2, -0.15) is 0 Å². The molecule has 1 aromatic carbocycles. The summed E-state index contributed by atoms with van der Waals surface area (Å²) in [7, 11) is 1.65. The van der Waals surface area contributed by atoms with E-state index in [4.69, 9.17) is 5.41 Å². The zero-order valence-electron chi connectivity index (χ0n) is 13.9. The van der Waals surface area contributed by atoms with Crippen molar-refractivity contribution >= 4 is 23.8 Å². The van der Waals surface area contributed by atoms with E-state index in [9.17, 15) is 9.18 Å². The maximum Gasteiger partial charge on any atom is 0.269 e. The Morgan fingerprint density at radius 1 is 1.31 bits per heavy atom. The largest absolute Gasteiger partial charge is 0.372 e. The van der Waals surface area contributed by atoms with Crippen LogP contribution in [0.5, 0.6) is 0 Å². The number of hydrogen-bond acceptors (Lipinski definition) is 6. The molecule has 6 nitrogen and oxygen atoms in total. The molecular formula is C18H16FN5OS. The summed E-state index contributed by atoms with van der Waals surface area (Å²) in [6.07, 6.45) is 4.15. The second kappa shape index (κ2) is 7.92. The molecule has 0 aliphatic carbocycles.